The van der Waals surface area contributed by atoms with Crippen molar-refractivity contribution in [2.45, 2.75) is 25.9 Å². The van der Waals surface area contributed by atoms with Crippen LogP contribution in [0.4, 0.5) is 13.2 Å². The Morgan fingerprint density at radius 2 is 1.86 bits per heavy atom. The highest BCUT2D eigenvalue weighted by molar-refractivity contribution is 5.93. The van der Waals surface area contributed by atoms with Gasteiger partial charge in [0.25, 0.3) is 5.91 Å². The molecule has 0 radical (unpaired) electrons. The number of ether oxygens (including phenoxy) is 1. The van der Waals surface area contributed by atoms with Gasteiger partial charge in [0.05, 0.1) is 6.54 Å². The van der Waals surface area contributed by atoms with Crippen molar-refractivity contribution in [2.24, 2.45) is 0 Å². The molecule has 3 aromatic rings. The number of rotatable bonds is 5. The minimum absolute atomic E-state index is 0.186. The first-order valence-electron chi connectivity index (χ1n) is 8.96. The van der Waals surface area contributed by atoms with Crippen molar-refractivity contribution >= 4 is 5.91 Å². The predicted octanol–water partition coefficient (Wildman–Crippen LogP) is 3.53. The van der Waals surface area contributed by atoms with Gasteiger partial charge in [-0.1, -0.05) is 24.3 Å². The summed E-state index contributed by atoms with van der Waals surface area (Å²) < 4.78 is 45.2. The summed E-state index contributed by atoms with van der Waals surface area (Å²) in [5.74, 6) is 0.482. The molecule has 1 aliphatic heterocycles. The van der Waals surface area contributed by atoms with Gasteiger partial charge in [0.1, 0.15) is 29.4 Å². The number of para-hydroxylation sites is 1. The van der Waals surface area contributed by atoms with E-state index in [4.69, 9.17) is 4.74 Å². The quantitative estimate of drug-likeness (QED) is 0.655. The van der Waals surface area contributed by atoms with E-state index >= 15 is 0 Å². The number of carbonyl (C=O) groups is 1. The number of fused-ring (bicyclic) bond motifs is 1. The molecule has 0 atom stereocenters. The third-order valence-corrected chi connectivity index (χ3v) is 4.54. The fourth-order valence-electron chi connectivity index (χ4n) is 3.09. The van der Waals surface area contributed by atoms with Crippen molar-refractivity contribution in [2.75, 3.05) is 6.54 Å². The molecule has 0 bridgehead atoms. The summed E-state index contributed by atoms with van der Waals surface area (Å²) >= 11 is 0. The average molecular weight is 402 g/mol. The normalized spacial score (nSPS) is 14.0. The molecule has 3 heterocycles. The molecule has 1 aliphatic rings. The molecule has 0 aliphatic carbocycles. The first-order chi connectivity index (χ1) is 13.9. The van der Waals surface area contributed by atoms with E-state index in [2.05, 4.69) is 10.1 Å². The van der Waals surface area contributed by atoms with Crippen molar-refractivity contribution in [3.63, 3.8) is 0 Å². The topological polar surface area (TPSA) is 60.2 Å². The van der Waals surface area contributed by atoms with Crippen LogP contribution in [0, 0.1) is 0 Å². The van der Waals surface area contributed by atoms with Gasteiger partial charge in [0.2, 0.25) is 0 Å². The molecule has 9 heteroatoms. The lowest BCUT2D eigenvalue weighted by Gasteiger charge is -2.27. The Morgan fingerprint density at radius 3 is 2.55 bits per heavy atom. The highest BCUT2D eigenvalue weighted by Gasteiger charge is 2.32. The van der Waals surface area contributed by atoms with Gasteiger partial charge < -0.3 is 9.64 Å². The highest BCUT2D eigenvalue weighted by Crippen LogP contribution is 2.27. The van der Waals surface area contributed by atoms with E-state index in [1.54, 1.807) is 15.6 Å². The van der Waals surface area contributed by atoms with Crippen LogP contribution >= 0.6 is 0 Å². The van der Waals surface area contributed by atoms with Crippen LogP contribution < -0.4 is 4.74 Å². The van der Waals surface area contributed by atoms with Crippen LogP contribution in [0.3, 0.4) is 0 Å². The standard InChI is InChI=1S/C20H17F3N4O2/c21-20(22,23)18-7-6-14(11-24-18)12-26-8-9-27-17(19(26)28)10-15(25-27)13-29-16-4-2-1-3-5-16/h1-7,10-11H,8-9,12-13H2. The molecule has 0 saturated heterocycles. The summed E-state index contributed by atoms with van der Waals surface area (Å²) in [5.41, 5.74) is 0.650. The molecule has 2 aromatic heterocycles. The lowest BCUT2D eigenvalue weighted by molar-refractivity contribution is -0.141. The van der Waals surface area contributed by atoms with E-state index in [9.17, 15) is 18.0 Å². The van der Waals surface area contributed by atoms with Gasteiger partial charge in [0.15, 0.2) is 0 Å². The number of nitrogens with zero attached hydrogens (tertiary/aromatic N) is 4. The maximum atomic E-state index is 12.8. The molecule has 1 amide bonds. The Morgan fingerprint density at radius 1 is 1.07 bits per heavy atom. The monoisotopic (exact) mass is 402 g/mol. The second-order valence-electron chi connectivity index (χ2n) is 6.62. The minimum Gasteiger partial charge on any atom is -0.487 e. The van der Waals surface area contributed by atoms with Gasteiger partial charge in [0, 0.05) is 19.3 Å². The molecule has 29 heavy (non-hydrogen) atoms. The van der Waals surface area contributed by atoms with Gasteiger partial charge in [-0.3, -0.25) is 14.5 Å². The fraction of sp³-hybridized carbons (Fsp3) is 0.250. The Hall–Kier alpha value is -3.36. The maximum absolute atomic E-state index is 12.8. The zero-order valence-electron chi connectivity index (χ0n) is 15.3. The molecular formula is C20H17F3N4O2. The summed E-state index contributed by atoms with van der Waals surface area (Å²) in [5, 5.41) is 4.40. The summed E-state index contributed by atoms with van der Waals surface area (Å²) in [7, 11) is 0. The van der Waals surface area contributed by atoms with E-state index in [0.29, 0.717) is 35.8 Å². The van der Waals surface area contributed by atoms with E-state index in [1.807, 2.05) is 30.3 Å². The number of alkyl halides is 3. The molecule has 0 saturated carbocycles. The molecule has 4 rings (SSSR count). The van der Waals surface area contributed by atoms with Crippen LogP contribution in [0.25, 0.3) is 0 Å². The van der Waals surface area contributed by atoms with Crippen LogP contribution in [-0.2, 0) is 25.9 Å². The molecule has 0 spiro atoms. The number of hydrogen-bond donors (Lipinski definition) is 0. The summed E-state index contributed by atoms with van der Waals surface area (Å²) in [4.78, 5) is 17.8. The second-order valence-corrected chi connectivity index (χ2v) is 6.62. The first-order valence-corrected chi connectivity index (χ1v) is 8.96. The number of amides is 1. The Kier molecular flexibility index (Phi) is 4.96. The van der Waals surface area contributed by atoms with Crippen LogP contribution in [0.1, 0.15) is 27.4 Å². The summed E-state index contributed by atoms with van der Waals surface area (Å²) in [6, 6.07) is 13.2. The van der Waals surface area contributed by atoms with Crippen molar-refractivity contribution in [3.05, 3.63) is 77.4 Å². The predicted molar refractivity (Wildman–Crippen MR) is 97.0 cm³/mol. The summed E-state index contributed by atoms with van der Waals surface area (Å²) in [6.07, 6.45) is -3.33. The van der Waals surface area contributed by atoms with Crippen LogP contribution in [0.15, 0.2) is 54.7 Å². The molecule has 0 N–H and O–H groups in total. The molecule has 0 fully saturated rings. The molecule has 0 unspecified atom stereocenters. The molecular weight excluding hydrogens is 385 g/mol. The maximum Gasteiger partial charge on any atom is 0.433 e. The van der Waals surface area contributed by atoms with Crippen LogP contribution in [0.5, 0.6) is 5.75 Å². The Labute approximate surface area is 164 Å². The third kappa shape index (κ3) is 4.23. The molecule has 1 aromatic carbocycles. The number of benzene rings is 1. The first kappa shape index (κ1) is 19.0. The minimum atomic E-state index is -4.48. The SMILES string of the molecule is O=C1c2cc(COc3ccccc3)nn2CCN1Cc1ccc(C(F)(F)F)nc1. The largest absolute Gasteiger partial charge is 0.487 e. The number of carbonyl (C=O) groups excluding carboxylic acids is 1. The second kappa shape index (κ2) is 7.57. The van der Waals surface area contributed by atoms with Crippen LogP contribution in [-0.4, -0.2) is 32.1 Å². The van der Waals surface area contributed by atoms with Crippen molar-refractivity contribution in [3.8, 4) is 5.75 Å². The van der Waals surface area contributed by atoms with Crippen molar-refractivity contribution in [1.29, 1.82) is 0 Å². The van der Waals surface area contributed by atoms with E-state index in [0.717, 1.165) is 12.3 Å². The summed E-state index contributed by atoms with van der Waals surface area (Å²) in [6.45, 7) is 1.33. The zero-order chi connectivity index (χ0) is 20.4. The molecule has 150 valence electrons. The van der Waals surface area contributed by atoms with Crippen molar-refractivity contribution < 1.29 is 22.7 Å². The highest BCUT2D eigenvalue weighted by atomic mass is 19.4. The number of halogens is 3. The van der Waals surface area contributed by atoms with Gasteiger partial charge in [-0.25, -0.2) is 0 Å². The third-order valence-electron chi connectivity index (χ3n) is 4.54. The Bertz CT molecular complexity index is 1000. The number of hydrogen-bond acceptors (Lipinski definition) is 4. The fourth-order valence-corrected chi connectivity index (χ4v) is 3.09. The van der Waals surface area contributed by atoms with Crippen LogP contribution in [0.2, 0.25) is 0 Å². The number of pyridine rings is 1. The van der Waals surface area contributed by atoms with E-state index < -0.39 is 11.9 Å². The van der Waals surface area contributed by atoms with Gasteiger partial charge in [-0.15, -0.1) is 0 Å². The number of aromatic nitrogens is 3. The van der Waals surface area contributed by atoms with Crippen molar-refractivity contribution in [1.82, 2.24) is 19.7 Å². The zero-order valence-corrected chi connectivity index (χ0v) is 15.3. The van der Waals surface area contributed by atoms with Gasteiger partial charge >= 0.3 is 6.18 Å². The van der Waals surface area contributed by atoms with Gasteiger partial charge in [-0.05, 0) is 29.8 Å². The van der Waals surface area contributed by atoms with E-state index in [1.165, 1.54) is 6.07 Å². The van der Waals surface area contributed by atoms with Gasteiger partial charge in [-0.2, -0.15) is 18.3 Å². The van der Waals surface area contributed by atoms with E-state index in [-0.39, 0.29) is 19.1 Å². The smallest absolute Gasteiger partial charge is 0.433 e. The lowest BCUT2D eigenvalue weighted by Crippen LogP contribution is -2.39. The molecule has 6 nitrogen and oxygen atoms in total. The average Bonchev–Trinajstić information content (AvgIpc) is 3.13. The lowest BCUT2D eigenvalue weighted by atomic mass is 10.2. The Balaban J connectivity index is 1.42.